The summed E-state index contributed by atoms with van der Waals surface area (Å²) in [6, 6.07) is 2.86. The van der Waals surface area contributed by atoms with E-state index in [0.717, 1.165) is 50.0 Å². The fraction of sp³-hybridized carbons (Fsp3) is 0.667. The third-order valence-electron chi connectivity index (χ3n) is 5.62. The van der Waals surface area contributed by atoms with Crippen LogP contribution < -0.4 is 4.90 Å². The van der Waals surface area contributed by atoms with Crippen molar-refractivity contribution >= 4 is 29.5 Å². The molecule has 0 aromatic carbocycles. The molecule has 2 aliphatic heterocycles. The summed E-state index contributed by atoms with van der Waals surface area (Å²) >= 11 is 7.73. The molecule has 0 bridgehead atoms. The van der Waals surface area contributed by atoms with Gasteiger partial charge in [-0.1, -0.05) is 0 Å². The van der Waals surface area contributed by atoms with E-state index < -0.39 is 0 Å². The lowest BCUT2D eigenvalue weighted by molar-refractivity contribution is 0.189. The van der Waals surface area contributed by atoms with Crippen molar-refractivity contribution in [2.75, 3.05) is 24.5 Å². The normalized spacial score (nSPS) is 21.5. The van der Waals surface area contributed by atoms with Crippen molar-refractivity contribution in [3.63, 3.8) is 0 Å². The minimum atomic E-state index is 0.586. The van der Waals surface area contributed by atoms with E-state index in [9.17, 15) is 0 Å². The zero-order valence-corrected chi connectivity index (χ0v) is 16.2. The van der Waals surface area contributed by atoms with Gasteiger partial charge in [0, 0.05) is 37.1 Å². The first kappa shape index (κ1) is 16.0. The molecule has 2 aromatic heterocycles. The van der Waals surface area contributed by atoms with Gasteiger partial charge in [-0.3, -0.25) is 9.47 Å². The van der Waals surface area contributed by atoms with Gasteiger partial charge in [0.25, 0.3) is 0 Å². The Labute approximate surface area is 157 Å². The van der Waals surface area contributed by atoms with Gasteiger partial charge in [-0.25, -0.2) is 4.68 Å². The van der Waals surface area contributed by atoms with Crippen LogP contribution in [0.25, 0.3) is 0 Å². The summed E-state index contributed by atoms with van der Waals surface area (Å²) in [7, 11) is 0. The Morgan fingerprint density at radius 1 is 1.16 bits per heavy atom. The van der Waals surface area contributed by atoms with Crippen LogP contribution >= 0.6 is 23.6 Å². The average Bonchev–Trinajstić information content (AvgIpc) is 3.28. The summed E-state index contributed by atoms with van der Waals surface area (Å²) in [6.45, 7) is 5.19. The smallest absolute Gasteiger partial charge is 0.226 e. The van der Waals surface area contributed by atoms with Crippen molar-refractivity contribution in [3.8, 4) is 0 Å². The largest absolute Gasteiger partial charge is 0.341 e. The molecule has 4 heterocycles. The topological polar surface area (TPSA) is 29.2 Å². The fourth-order valence-electron chi connectivity index (χ4n) is 4.08. The summed E-state index contributed by atoms with van der Waals surface area (Å²) in [5.41, 5.74) is 1.49. The van der Waals surface area contributed by atoms with Crippen molar-refractivity contribution in [2.24, 2.45) is 0 Å². The summed E-state index contributed by atoms with van der Waals surface area (Å²) < 4.78 is 5.34. The molecule has 2 aromatic rings. The van der Waals surface area contributed by atoms with E-state index >= 15 is 0 Å². The molecule has 3 aliphatic rings. The number of thiophene rings is 1. The molecule has 1 saturated carbocycles. The van der Waals surface area contributed by atoms with Crippen LogP contribution in [0.5, 0.6) is 0 Å². The molecule has 1 aliphatic carbocycles. The lowest BCUT2D eigenvalue weighted by atomic mass is 10.1. The molecule has 7 heteroatoms. The molecule has 134 valence electrons. The number of aromatic nitrogens is 3. The van der Waals surface area contributed by atoms with Crippen LogP contribution in [0, 0.1) is 4.77 Å². The molecular weight excluding hydrogens is 350 g/mol. The standard InChI is InChI=1S/C18H25N5S2/c24-18-22(13-20-10-6-16-14(12-20)7-11-25-16)19-17(23(18)15-4-5-15)21-8-2-1-3-9-21/h7,11,15H,1-6,8-10,12-13H2. The zero-order valence-electron chi connectivity index (χ0n) is 14.6. The van der Waals surface area contributed by atoms with E-state index in [1.165, 1.54) is 37.7 Å². The molecule has 2 fully saturated rings. The summed E-state index contributed by atoms with van der Waals surface area (Å²) in [6.07, 6.45) is 7.56. The lowest BCUT2D eigenvalue weighted by Gasteiger charge is -2.27. The molecule has 0 radical (unpaired) electrons. The Morgan fingerprint density at radius 2 is 2.00 bits per heavy atom. The quantitative estimate of drug-likeness (QED) is 0.760. The Kier molecular flexibility index (Phi) is 4.18. The van der Waals surface area contributed by atoms with Crippen molar-refractivity contribution in [2.45, 2.75) is 57.8 Å². The van der Waals surface area contributed by atoms with Gasteiger partial charge in [0.05, 0.1) is 6.67 Å². The molecule has 0 N–H and O–H groups in total. The summed E-state index contributed by atoms with van der Waals surface area (Å²) in [5.74, 6) is 1.13. The number of anilines is 1. The van der Waals surface area contributed by atoms with E-state index in [4.69, 9.17) is 17.3 Å². The second-order valence-corrected chi connectivity index (χ2v) is 8.91. The summed E-state index contributed by atoms with van der Waals surface area (Å²) in [5, 5.41) is 7.21. The Bertz CT molecular complexity index is 810. The third-order valence-corrected chi connectivity index (χ3v) is 7.05. The molecule has 0 atom stereocenters. The predicted octanol–water partition coefficient (Wildman–Crippen LogP) is 3.82. The highest BCUT2D eigenvalue weighted by Gasteiger charge is 2.31. The second kappa shape index (κ2) is 6.52. The van der Waals surface area contributed by atoms with Crippen LogP contribution in [0.2, 0.25) is 0 Å². The number of piperidine rings is 1. The van der Waals surface area contributed by atoms with E-state index in [0.29, 0.717) is 6.04 Å². The first-order valence-electron chi connectivity index (χ1n) is 9.51. The van der Waals surface area contributed by atoms with Gasteiger partial charge in [-0.2, -0.15) is 0 Å². The Balaban J connectivity index is 1.41. The van der Waals surface area contributed by atoms with Gasteiger partial charge in [0.2, 0.25) is 10.7 Å². The second-order valence-electron chi connectivity index (χ2n) is 7.54. The van der Waals surface area contributed by atoms with Crippen LogP contribution in [0.4, 0.5) is 5.95 Å². The first-order chi connectivity index (χ1) is 12.3. The molecule has 0 amide bonds. The minimum absolute atomic E-state index is 0.586. The number of fused-ring (bicyclic) bond motifs is 1. The zero-order chi connectivity index (χ0) is 16.8. The molecule has 0 unspecified atom stereocenters. The average molecular weight is 376 g/mol. The molecule has 5 rings (SSSR count). The van der Waals surface area contributed by atoms with Gasteiger partial charge in [-0.05, 0) is 67.8 Å². The number of hydrogen-bond donors (Lipinski definition) is 0. The van der Waals surface area contributed by atoms with Crippen molar-refractivity contribution in [1.82, 2.24) is 19.2 Å². The van der Waals surface area contributed by atoms with Crippen molar-refractivity contribution in [3.05, 3.63) is 26.7 Å². The number of rotatable bonds is 4. The molecule has 25 heavy (non-hydrogen) atoms. The van der Waals surface area contributed by atoms with E-state index in [1.807, 2.05) is 11.3 Å². The van der Waals surface area contributed by atoms with Gasteiger partial charge < -0.3 is 4.90 Å². The molecule has 5 nitrogen and oxygen atoms in total. The Morgan fingerprint density at radius 3 is 2.80 bits per heavy atom. The monoisotopic (exact) mass is 375 g/mol. The number of hydrogen-bond acceptors (Lipinski definition) is 5. The maximum absolute atomic E-state index is 5.84. The van der Waals surface area contributed by atoms with Crippen LogP contribution in [0.3, 0.4) is 0 Å². The maximum atomic E-state index is 5.84. The van der Waals surface area contributed by atoms with Crippen molar-refractivity contribution in [1.29, 1.82) is 0 Å². The van der Waals surface area contributed by atoms with Crippen LogP contribution in [0.1, 0.15) is 48.6 Å². The van der Waals surface area contributed by atoms with Gasteiger partial charge >= 0.3 is 0 Å². The van der Waals surface area contributed by atoms with Gasteiger partial charge in [0.15, 0.2) is 0 Å². The van der Waals surface area contributed by atoms with Crippen LogP contribution in [0.15, 0.2) is 11.4 Å². The minimum Gasteiger partial charge on any atom is -0.341 e. The number of nitrogens with zero attached hydrogens (tertiary/aromatic N) is 5. The van der Waals surface area contributed by atoms with E-state index in [1.54, 1.807) is 4.88 Å². The molecule has 0 spiro atoms. The molecular formula is C18H25N5S2. The third kappa shape index (κ3) is 3.06. The maximum Gasteiger partial charge on any atom is 0.226 e. The van der Waals surface area contributed by atoms with E-state index in [-0.39, 0.29) is 0 Å². The Hall–Kier alpha value is -1.18. The highest BCUT2D eigenvalue weighted by Crippen LogP contribution is 2.39. The first-order valence-corrected chi connectivity index (χ1v) is 10.8. The lowest BCUT2D eigenvalue weighted by Crippen LogP contribution is -2.33. The van der Waals surface area contributed by atoms with E-state index in [2.05, 4.69) is 30.5 Å². The van der Waals surface area contributed by atoms with Crippen LogP contribution in [-0.4, -0.2) is 38.9 Å². The predicted molar refractivity (Wildman–Crippen MR) is 104 cm³/mol. The van der Waals surface area contributed by atoms with Gasteiger partial charge in [0.1, 0.15) is 0 Å². The summed E-state index contributed by atoms with van der Waals surface area (Å²) in [4.78, 5) is 6.49. The SMILES string of the molecule is S=c1n(CN2CCc3sccc3C2)nc(N2CCCCC2)n1C1CC1. The van der Waals surface area contributed by atoms with Gasteiger partial charge in [-0.15, -0.1) is 16.4 Å². The fourth-order valence-corrected chi connectivity index (χ4v) is 5.30. The highest BCUT2D eigenvalue weighted by atomic mass is 32.1. The highest BCUT2D eigenvalue weighted by molar-refractivity contribution is 7.71. The molecule has 1 saturated heterocycles. The van der Waals surface area contributed by atoms with Crippen LogP contribution in [-0.2, 0) is 19.6 Å². The van der Waals surface area contributed by atoms with Crippen molar-refractivity contribution < 1.29 is 0 Å².